The summed E-state index contributed by atoms with van der Waals surface area (Å²) in [6, 6.07) is -1.72. The van der Waals surface area contributed by atoms with Crippen LogP contribution < -0.4 is 124 Å². The third-order valence-electron chi connectivity index (χ3n) is 10.4. The summed E-state index contributed by atoms with van der Waals surface area (Å²) in [7, 11) is 0. The predicted octanol–water partition coefficient (Wildman–Crippen LogP) is 3.31. The number of esters is 2. The van der Waals surface area contributed by atoms with Gasteiger partial charge in [0.2, 0.25) is 0 Å². The third kappa shape index (κ3) is 55.1. The quantitative estimate of drug-likeness (QED) is 0.0524. The molecular weight excluding hydrogens is 787 g/mol. The Hall–Kier alpha value is 1.07. The Bertz CT molecular complexity index is 830. The van der Waals surface area contributed by atoms with E-state index in [-0.39, 0.29) is 128 Å². The zero-order chi connectivity index (χ0) is 41.7. The van der Waals surface area contributed by atoms with E-state index in [1.165, 1.54) is 180 Å². The minimum Gasteiger partial charge on any atom is -0.550 e. The van der Waals surface area contributed by atoms with E-state index in [0.29, 0.717) is 13.2 Å². The molecule has 4 N–H and O–H groups in total. The number of unbranched alkanes of at least 4 members (excludes halogenated alkanes) is 30. The average molecular weight is 875 g/mol. The number of carboxylic acids is 2. The second-order valence-electron chi connectivity index (χ2n) is 16.0. The Balaban J connectivity index is -0.000000486. The molecule has 2 atom stereocenters. The number of aliphatic carboxylic acids is 2. The molecule has 0 aliphatic heterocycles. The topological polar surface area (TPSA) is 185 Å². The van der Waals surface area contributed by atoms with Gasteiger partial charge >= 0.3 is 115 Å². The Morgan fingerprint density at radius 3 is 0.759 bits per heavy atom. The first-order chi connectivity index (χ1) is 27.1. The molecule has 332 valence electrons. The van der Waals surface area contributed by atoms with Crippen LogP contribution in [0.1, 0.15) is 245 Å². The fourth-order valence-corrected chi connectivity index (χ4v) is 6.64. The molecule has 58 heavy (non-hydrogen) atoms. The Morgan fingerprint density at radius 1 is 0.379 bits per heavy atom. The molecular formula is C46H88K2N2O8. The molecule has 0 fully saturated rings. The zero-order valence-electron chi connectivity index (χ0n) is 38.4. The van der Waals surface area contributed by atoms with Gasteiger partial charge in [-0.15, -0.1) is 0 Å². The van der Waals surface area contributed by atoms with Crippen molar-refractivity contribution in [1.29, 1.82) is 0 Å². The number of hydrogen-bond acceptors (Lipinski definition) is 10. The molecule has 0 rings (SSSR count). The smallest absolute Gasteiger partial charge is 0.550 e. The van der Waals surface area contributed by atoms with Gasteiger partial charge in [0, 0.05) is 11.9 Å². The largest absolute Gasteiger partial charge is 1.00 e. The zero-order valence-corrected chi connectivity index (χ0v) is 44.7. The summed E-state index contributed by atoms with van der Waals surface area (Å²) in [5.74, 6) is -3.41. The van der Waals surface area contributed by atoms with Gasteiger partial charge in [-0.3, -0.25) is 9.59 Å². The SMILES string of the molecule is CCCCCCCCCCCCCCCCCCOC(=O)[C@@H](N)CCC(=O)[O-].CCCCCCCCCCCCCCCCCCOC(=O)[C@@H](N)CCC(=O)[O-].[K+].[K+]. The van der Waals surface area contributed by atoms with E-state index in [4.69, 9.17) is 20.9 Å². The van der Waals surface area contributed by atoms with Gasteiger partial charge < -0.3 is 40.7 Å². The number of rotatable bonds is 42. The van der Waals surface area contributed by atoms with Crippen molar-refractivity contribution in [3.05, 3.63) is 0 Å². The monoisotopic (exact) mass is 875 g/mol. The van der Waals surface area contributed by atoms with Crippen molar-refractivity contribution in [2.75, 3.05) is 13.2 Å². The molecule has 0 radical (unpaired) electrons. The minimum atomic E-state index is -1.19. The van der Waals surface area contributed by atoms with E-state index in [9.17, 15) is 29.4 Å². The summed E-state index contributed by atoms with van der Waals surface area (Å²) >= 11 is 0. The molecule has 0 saturated carbocycles. The number of carbonyl (C=O) groups excluding carboxylic acids is 4. The molecule has 0 amide bonds. The van der Waals surface area contributed by atoms with Crippen LogP contribution in [0.2, 0.25) is 0 Å². The normalized spacial score (nSPS) is 11.7. The van der Waals surface area contributed by atoms with Crippen molar-refractivity contribution in [2.24, 2.45) is 11.5 Å². The third-order valence-corrected chi connectivity index (χ3v) is 10.4. The van der Waals surface area contributed by atoms with E-state index >= 15 is 0 Å². The Morgan fingerprint density at radius 2 is 0.569 bits per heavy atom. The van der Waals surface area contributed by atoms with Gasteiger partial charge in [0.05, 0.1) is 13.2 Å². The van der Waals surface area contributed by atoms with E-state index < -0.39 is 36.0 Å². The molecule has 0 aliphatic rings. The van der Waals surface area contributed by atoms with Crippen LogP contribution in [0.25, 0.3) is 0 Å². The van der Waals surface area contributed by atoms with Crippen LogP contribution in [-0.4, -0.2) is 49.2 Å². The average Bonchev–Trinajstić information content (AvgIpc) is 3.18. The van der Waals surface area contributed by atoms with Crippen LogP contribution >= 0.6 is 0 Å². The van der Waals surface area contributed by atoms with Crippen LogP contribution in [0.4, 0.5) is 0 Å². The van der Waals surface area contributed by atoms with E-state index in [2.05, 4.69) is 13.8 Å². The van der Waals surface area contributed by atoms with Crippen molar-refractivity contribution in [1.82, 2.24) is 0 Å². The van der Waals surface area contributed by atoms with Crippen LogP contribution in [0, 0.1) is 0 Å². The fourth-order valence-electron chi connectivity index (χ4n) is 6.64. The number of ether oxygens (including phenoxy) is 2. The molecule has 0 aliphatic carbocycles. The van der Waals surface area contributed by atoms with Crippen LogP contribution in [0.5, 0.6) is 0 Å². The first kappa shape index (κ1) is 65.7. The Labute approximate surface area is 441 Å². The van der Waals surface area contributed by atoms with Crippen LogP contribution in [0.3, 0.4) is 0 Å². The minimum absolute atomic E-state index is 0. The molecule has 0 aromatic rings. The summed E-state index contributed by atoms with van der Waals surface area (Å²) in [5.41, 5.74) is 11.1. The van der Waals surface area contributed by atoms with Crippen molar-refractivity contribution in [3.8, 4) is 0 Å². The van der Waals surface area contributed by atoms with Crippen molar-refractivity contribution >= 4 is 23.9 Å². The summed E-state index contributed by atoms with van der Waals surface area (Å²) < 4.78 is 10.2. The van der Waals surface area contributed by atoms with Gasteiger partial charge in [0.15, 0.2) is 0 Å². The molecule has 0 unspecified atom stereocenters. The fraction of sp³-hybridized carbons (Fsp3) is 0.913. The van der Waals surface area contributed by atoms with Crippen molar-refractivity contribution < 1.29 is 142 Å². The number of carboxylic acid groups (broad SMARTS) is 2. The summed E-state index contributed by atoms with van der Waals surface area (Å²) in [5, 5.41) is 20.7. The molecule has 12 heteroatoms. The van der Waals surface area contributed by atoms with Crippen LogP contribution in [0.15, 0.2) is 0 Å². The number of nitrogens with two attached hydrogens (primary N) is 2. The van der Waals surface area contributed by atoms with Crippen molar-refractivity contribution in [2.45, 2.75) is 257 Å². The summed E-state index contributed by atoms with van der Waals surface area (Å²) in [6.07, 6.45) is 41.5. The second-order valence-corrected chi connectivity index (χ2v) is 16.0. The molecule has 0 spiro atoms. The molecule has 0 aromatic carbocycles. The van der Waals surface area contributed by atoms with Crippen molar-refractivity contribution in [3.63, 3.8) is 0 Å². The summed E-state index contributed by atoms with van der Waals surface area (Å²) in [6.45, 7) is 5.27. The Kier molecular flexibility index (Phi) is 61.4. The van der Waals surface area contributed by atoms with Gasteiger partial charge in [-0.2, -0.15) is 0 Å². The van der Waals surface area contributed by atoms with Gasteiger partial charge in [0.25, 0.3) is 0 Å². The molecule has 0 heterocycles. The van der Waals surface area contributed by atoms with Crippen LogP contribution in [-0.2, 0) is 28.7 Å². The maximum absolute atomic E-state index is 11.6. The standard InChI is InChI=1S/2C23H45NO4.2K/c2*1-2-3-4-5-6-7-8-9-10-11-12-13-14-15-16-17-20-28-23(27)21(24)18-19-22(25)26;;/h2*21H,2-20,24H2,1H3,(H,25,26);;/q;;2*+1/p-2/t2*21-;;/m00../s1. The molecule has 0 bridgehead atoms. The van der Waals surface area contributed by atoms with Gasteiger partial charge in [-0.05, 0) is 38.5 Å². The first-order valence-electron chi connectivity index (χ1n) is 23.4. The van der Waals surface area contributed by atoms with E-state index in [1.54, 1.807) is 0 Å². The van der Waals surface area contributed by atoms with Gasteiger partial charge in [-0.1, -0.05) is 206 Å². The maximum atomic E-state index is 11.6. The summed E-state index contributed by atoms with van der Waals surface area (Å²) in [4.78, 5) is 43.8. The second kappa shape index (κ2) is 54.2. The first-order valence-corrected chi connectivity index (χ1v) is 23.4. The van der Waals surface area contributed by atoms with Gasteiger partial charge in [-0.25, -0.2) is 0 Å². The van der Waals surface area contributed by atoms with E-state index in [1.807, 2.05) is 0 Å². The van der Waals surface area contributed by atoms with E-state index in [0.717, 1.165) is 25.7 Å². The molecule has 0 aromatic heterocycles. The molecule has 10 nitrogen and oxygen atoms in total. The number of hydrogen-bond donors (Lipinski definition) is 2. The predicted molar refractivity (Wildman–Crippen MR) is 225 cm³/mol. The van der Waals surface area contributed by atoms with Gasteiger partial charge in [0.1, 0.15) is 12.1 Å². The molecule has 0 saturated heterocycles. The number of carbonyl (C=O) groups is 4. The maximum Gasteiger partial charge on any atom is 1.00 e.